The van der Waals surface area contributed by atoms with E-state index in [-0.39, 0.29) is 24.4 Å². The Kier molecular flexibility index (Phi) is 6.69. The minimum atomic E-state index is -0.174. The average Bonchev–Trinajstić information content (AvgIpc) is 2.73. The first-order chi connectivity index (χ1) is 13.5. The van der Waals surface area contributed by atoms with Crippen molar-refractivity contribution in [2.75, 3.05) is 29.4 Å². The topological polar surface area (TPSA) is 52.7 Å². The quantitative estimate of drug-likeness (QED) is 0.828. The second kappa shape index (κ2) is 9.40. The molecule has 1 fully saturated rings. The summed E-state index contributed by atoms with van der Waals surface area (Å²) < 4.78 is 0. The van der Waals surface area contributed by atoms with Crippen LogP contribution in [-0.2, 0) is 9.59 Å². The van der Waals surface area contributed by atoms with Crippen molar-refractivity contribution in [2.24, 2.45) is 0 Å². The minimum absolute atomic E-state index is 0.00949. The Morgan fingerprint density at radius 2 is 1.64 bits per heavy atom. The monoisotopic (exact) mass is 379 g/mol. The van der Waals surface area contributed by atoms with Crippen LogP contribution < -0.4 is 15.1 Å². The average molecular weight is 380 g/mol. The van der Waals surface area contributed by atoms with Crippen molar-refractivity contribution >= 4 is 23.2 Å². The number of nitrogens with one attached hydrogen (secondary N) is 1. The Morgan fingerprint density at radius 1 is 1.00 bits per heavy atom. The molecule has 148 valence electrons. The van der Waals surface area contributed by atoms with E-state index in [1.54, 1.807) is 0 Å². The number of nitrogens with zero attached hydrogens (tertiary/aromatic N) is 2. The molecule has 0 saturated carbocycles. The molecule has 0 bridgehead atoms. The summed E-state index contributed by atoms with van der Waals surface area (Å²) in [5, 5.41) is 2.97. The highest BCUT2D eigenvalue weighted by atomic mass is 16.2. The van der Waals surface area contributed by atoms with Crippen LogP contribution in [0.25, 0.3) is 0 Å². The van der Waals surface area contributed by atoms with Gasteiger partial charge in [0.05, 0.1) is 6.04 Å². The number of carbonyl (C=O) groups is 2. The number of amides is 2. The Labute approximate surface area is 167 Å². The second-order valence-electron chi connectivity index (χ2n) is 7.37. The lowest BCUT2D eigenvalue weighted by Gasteiger charge is -2.29. The van der Waals surface area contributed by atoms with Crippen LogP contribution in [0.4, 0.5) is 11.4 Å². The van der Waals surface area contributed by atoms with Crippen molar-refractivity contribution in [2.45, 2.75) is 39.2 Å². The summed E-state index contributed by atoms with van der Waals surface area (Å²) in [6.07, 6.45) is 3.74. The Balaban J connectivity index is 1.64. The molecule has 1 aliphatic rings. The summed E-state index contributed by atoms with van der Waals surface area (Å²) >= 11 is 0. The number of rotatable bonds is 6. The summed E-state index contributed by atoms with van der Waals surface area (Å²) in [6, 6.07) is 17.6. The summed E-state index contributed by atoms with van der Waals surface area (Å²) in [5.41, 5.74) is 2.96. The number of benzene rings is 2. The van der Waals surface area contributed by atoms with Crippen LogP contribution in [0.5, 0.6) is 0 Å². The van der Waals surface area contributed by atoms with Gasteiger partial charge in [-0.25, -0.2) is 0 Å². The number of carbonyl (C=O) groups excluding carboxylic acids is 2. The Morgan fingerprint density at radius 3 is 2.25 bits per heavy atom. The van der Waals surface area contributed by atoms with Gasteiger partial charge in [0, 0.05) is 31.4 Å². The molecule has 1 unspecified atom stereocenters. The van der Waals surface area contributed by atoms with Crippen molar-refractivity contribution in [3.63, 3.8) is 0 Å². The molecule has 5 heteroatoms. The highest BCUT2D eigenvalue weighted by Crippen LogP contribution is 2.24. The van der Waals surface area contributed by atoms with Crippen molar-refractivity contribution in [3.05, 3.63) is 60.2 Å². The molecule has 2 amide bonds. The zero-order valence-corrected chi connectivity index (χ0v) is 16.7. The molecule has 0 spiro atoms. The first-order valence-corrected chi connectivity index (χ1v) is 10.0. The Hall–Kier alpha value is -2.82. The molecule has 0 radical (unpaired) electrons. The van der Waals surface area contributed by atoms with Gasteiger partial charge in [-0.05, 0) is 56.0 Å². The van der Waals surface area contributed by atoms with Gasteiger partial charge in [-0.2, -0.15) is 0 Å². The first-order valence-electron chi connectivity index (χ1n) is 10.0. The predicted octanol–water partition coefficient (Wildman–Crippen LogP) is 3.91. The molecule has 0 aliphatic carbocycles. The molecule has 1 atom stereocenters. The number of hydrogen-bond acceptors (Lipinski definition) is 3. The number of anilines is 2. The van der Waals surface area contributed by atoms with Gasteiger partial charge in [0.1, 0.15) is 6.54 Å². The maximum Gasteiger partial charge on any atom is 0.240 e. The number of piperidine rings is 1. The van der Waals surface area contributed by atoms with E-state index < -0.39 is 0 Å². The first kappa shape index (κ1) is 19.9. The third-order valence-electron chi connectivity index (χ3n) is 5.24. The molecule has 3 rings (SSSR count). The standard InChI is InChI=1S/C23H29N3O2/c1-18(20-9-5-3-6-10-20)24-23(28)17-26(19(2)27)22-13-11-21(12-14-22)25-15-7-4-8-16-25/h3,5-6,9-14,18H,4,7-8,15-17H2,1-2H3,(H,24,28). The van der Waals surface area contributed by atoms with E-state index in [2.05, 4.69) is 10.2 Å². The van der Waals surface area contributed by atoms with Gasteiger partial charge in [-0.3, -0.25) is 9.59 Å². The van der Waals surface area contributed by atoms with E-state index in [1.807, 2.05) is 61.5 Å². The van der Waals surface area contributed by atoms with E-state index in [0.29, 0.717) is 0 Å². The van der Waals surface area contributed by atoms with Crippen LogP contribution in [0.2, 0.25) is 0 Å². The molecule has 1 saturated heterocycles. The molecule has 1 heterocycles. The van der Waals surface area contributed by atoms with Gasteiger partial charge >= 0.3 is 0 Å². The zero-order valence-electron chi connectivity index (χ0n) is 16.7. The molecular formula is C23H29N3O2. The lowest BCUT2D eigenvalue weighted by atomic mass is 10.1. The molecule has 1 aliphatic heterocycles. The van der Waals surface area contributed by atoms with Crippen LogP contribution in [0.1, 0.15) is 44.7 Å². The highest BCUT2D eigenvalue weighted by molar-refractivity contribution is 5.97. The summed E-state index contributed by atoms with van der Waals surface area (Å²) in [6.45, 7) is 5.60. The molecule has 5 nitrogen and oxygen atoms in total. The highest BCUT2D eigenvalue weighted by Gasteiger charge is 2.18. The Bertz CT molecular complexity index is 783. The molecule has 1 N–H and O–H groups in total. The lowest BCUT2D eigenvalue weighted by Crippen LogP contribution is -2.40. The molecule has 0 aromatic heterocycles. The zero-order chi connectivity index (χ0) is 19.9. The maximum atomic E-state index is 12.5. The van der Waals surface area contributed by atoms with Crippen molar-refractivity contribution in [1.82, 2.24) is 5.32 Å². The second-order valence-corrected chi connectivity index (χ2v) is 7.37. The third kappa shape index (κ3) is 5.12. The maximum absolute atomic E-state index is 12.5. The third-order valence-corrected chi connectivity index (χ3v) is 5.24. The van der Waals surface area contributed by atoms with Gasteiger partial charge in [-0.15, -0.1) is 0 Å². The fourth-order valence-electron chi connectivity index (χ4n) is 3.64. The van der Waals surface area contributed by atoms with Crippen molar-refractivity contribution in [1.29, 1.82) is 0 Å². The molecule has 2 aromatic rings. The van der Waals surface area contributed by atoms with Crippen molar-refractivity contribution in [3.8, 4) is 0 Å². The van der Waals surface area contributed by atoms with E-state index in [0.717, 1.165) is 24.3 Å². The molecule has 28 heavy (non-hydrogen) atoms. The van der Waals surface area contributed by atoms with E-state index in [4.69, 9.17) is 0 Å². The lowest BCUT2D eigenvalue weighted by molar-refractivity contribution is -0.123. The van der Waals surface area contributed by atoms with Crippen LogP contribution in [0.15, 0.2) is 54.6 Å². The van der Waals surface area contributed by atoms with E-state index in [9.17, 15) is 9.59 Å². The largest absolute Gasteiger partial charge is 0.372 e. The van der Waals surface area contributed by atoms with Gasteiger partial charge in [0.25, 0.3) is 0 Å². The molecular weight excluding hydrogens is 350 g/mol. The van der Waals surface area contributed by atoms with Gasteiger partial charge < -0.3 is 15.1 Å². The van der Waals surface area contributed by atoms with E-state index in [1.165, 1.54) is 36.8 Å². The van der Waals surface area contributed by atoms with Crippen LogP contribution in [-0.4, -0.2) is 31.4 Å². The van der Waals surface area contributed by atoms with Gasteiger partial charge in [0.15, 0.2) is 0 Å². The number of hydrogen-bond donors (Lipinski definition) is 1. The predicted molar refractivity (Wildman–Crippen MR) is 114 cm³/mol. The summed E-state index contributed by atoms with van der Waals surface area (Å²) in [7, 11) is 0. The van der Waals surface area contributed by atoms with Gasteiger partial charge in [-0.1, -0.05) is 30.3 Å². The molecule has 2 aromatic carbocycles. The fourth-order valence-corrected chi connectivity index (χ4v) is 3.64. The van der Waals surface area contributed by atoms with Crippen molar-refractivity contribution < 1.29 is 9.59 Å². The van der Waals surface area contributed by atoms with Gasteiger partial charge in [0.2, 0.25) is 11.8 Å². The fraction of sp³-hybridized carbons (Fsp3) is 0.391. The van der Waals surface area contributed by atoms with Crippen LogP contribution in [0.3, 0.4) is 0 Å². The minimum Gasteiger partial charge on any atom is -0.372 e. The summed E-state index contributed by atoms with van der Waals surface area (Å²) in [4.78, 5) is 28.6. The summed E-state index contributed by atoms with van der Waals surface area (Å²) in [5.74, 6) is -0.320. The SMILES string of the molecule is CC(=O)N(CC(=O)NC(C)c1ccccc1)c1ccc(N2CCCCC2)cc1. The van der Waals surface area contributed by atoms with Crippen LogP contribution in [0, 0.1) is 0 Å². The normalized spacial score (nSPS) is 15.0. The van der Waals surface area contributed by atoms with Crippen LogP contribution >= 0.6 is 0 Å². The van der Waals surface area contributed by atoms with E-state index >= 15 is 0 Å². The smallest absolute Gasteiger partial charge is 0.240 e.